The molecule has 7 heteroatoms. The summed E-state index contributed by atoms with van der Waals surface area (Å²) < 4.78 is 4.95. The molecule has 0 bridgehead atoms. The molecule has 0 aliphatic rings. The molecule has 1 rings (SSSR count). The van der Waals surface area contributed by atoms with E-state index in [1.165, 1.54) is 11.3 Å². The molecule has 0 aliphatic carbocycles. The van der Waals surface area contributed by atoms with Crippen LogP contribution in [0.3, 0.4) is 0 Å². The quantitative estimate of drug-likeness (QED) is 0.713. The van der Waals surface area contributed by atoms with E-state index in [0.717, 1.165) is 30.9 Å². The fourth-order valence-corrected chi connectivity index (χ4v) is 2.00. The number of carbonyl (C=O) groups excluding carboxylic acids is 1. The first-order valence-corrected chi connectivity index (χ1v) is 6.57. The summed E-state index contributed by atoms with van der Waals surface area (Å²) in [5, 5.41) is 5.36. The van der Waals surface area contributed by atoms with Gasteiger partial charge in [0.05, 0.1) is 0 Å². The summed E-state index contributed by atoms with van der Waals surface area (Å²) in [6.07, 6.45) is 3.04. The summed E-state index contributed by atoms with van der Waals surface area (Å²) in [6.45, 7) is 1.84. The van der Waals surface area contributed by atoms with E-state index in [0.29, 0.717) is 18.8 Å². The first kappa shape index (κ1) is 17.3. The van der Waals surface area contributed by atoms with Crippen LogP contribution in [0.2, 0.25) is 0 Å². The predicted molar refractivity (Wildman–Crippen MR) is 75.3 cm³/mol. The van der Waals surface area contributed by atoms with Crippen LogP contribution in [0.4, 0.5) is 0 Å². The molecule has 0 atom stereocenters. The number of thiazole rings is 1. The first-order chi connectivity index (χ1) is 8.27. The number of carbonyl (C=O) groups is 1. The van der Waals surface area contributed by atoms with Crippen molar-refractivity contribution in [2.24, 2.45) is 5.73 Å². The van der Waals surface area contributed by atoms with Gasteiger partial charge < -0.3 is 15.8 Å². The van der Waals surface area contributed by atoms with Crippen LogP contribution < -0.4 is 11.1 Å². The third kappa shape index (κ3) is 6.30. The van der Waals surface area contributed by atoms with E-state index in [1.54, 1.807) is 12.5 Å². The Balaban J connectivity index is 0.00000289. The van der Waals surface area contributed by atoms with Crippen LogP contribution >= 0.6 is 23.7 Å². The molecule has 1 heterocycles. The van der Waals surface area contributed by atoms with Crippen molar-refractivity contribution in [1.82, 2.24) is 10.3 Å². The molecule has 104 valence electrons. The molecular weight excluding hydrogens is 274 g/mol. The SMILES string of the molecule is COCCCCCNC(=O)c1csc(CN)n1.Cl. The third-order valence-electron chi connectivity index (χ3n) is 2.27. The highest BCUT2D eigenvalue weighted by atomic mass is 35.5. The molecule has 1 aromatic heterocycles. The molecule has 18 heavy (non-hydrogen) atoms. The van der Waals surface area contributed by atoms with Gasteiger partial charge in [0.15, 0.2) is 0 Å². The molecule has 1 amide bonds. The normalized spacial score (nSPS) is 9.89. The maximum Gasteiger partial charge on any atom is 0.270 e. The van der Waals surface area contributed by atoms with Gasteiger partial charge >= 0.3 is 0 Å². The molecule has 0 fully saturated rings. The number of ether oxygens (including phenoxy) is 1. The van der Waals surface area contributed by atoms with Crippen LogP contribution in [-0.4, -0.2) is 31.2 Å². The van der Waals surface area contributed by atoms with Gasteiger partial charge in [-0.2, -0.15) is 0 Å². The highest BCUT2D eigenvalue weighted by Gasteiger charge is 2.08. The number of rotatable bonds is 8. The van der Waals surface area contributed by atoms with Crippen molar-refractivity contribution in [2.45, 2.75) is 25.8 Å². The molecule has 0 unspecified atom stereocenters. The third-order valence-corrected chi connectivity index (χ3v) is 3.14. The van der Waals surface area contributed by atoms with Gasteiger partial charge in [0.25, 0.3) is 5.91 Å². The zero-order valence-electron chi connectivity index (χ0n) is 10.5. The number of hydrogen-bond donors (Lipinski definition) is 2. The van der Waals surface area contributed by atoms with Gasteiger partial charge in [-0.05, 0) is 19.3 Å². The van der Waals surface area contributed by atoms with Crippen LogP contribution in [0.25, 0.3) is 0 Å². The highest BCUT2D eigenvalue weighted by Crippen LogP contribution is 2.08. The predicted octanol–water partition coefficient (Wildman–Crippen LogP) is 1.57. The molecule has 0 radical (unpaired) electrons. The average Bonchev–Trinajstić information content (AvgIpc) is 2.82. The number of amides is 1. The lowest BCUT2D eigenvalue weighted by Gasteiger charge is -2.02. The number of nitrogens with zero attached hydrogens (tertiary/aromatic N) is 1. The van der Waals surface area contributed by atoms with Crippen molar-refractivity contribution >= 4 is 29.7 Å². The molecule has 5 nitrogen and oxygen atoms in total. The summed E-state index contributed by atoms with van der Waals surface area (Å²) >= 11 is 1.41. The Bertz CT molecular complexity index is 347. The summed E-state index contributed by atoms with van der Waals surface area (Å²) in [6, 6.07) is 0. The minimum absolute atomic E-state index is 0. The van der Waals surface area contributed by atoms with Crippen LogP contribution in [0.1, 0.15) is 34.8 Å². The monoisotopic (exact) mass is 293 g/mol. The average molecular weight is 294 g/mol. The van der Waals surface area contributed by atoms with E-state index in [9.17, 15) is 4.79 Å². The smallest absolute Gasteiger partial charge is 0.270 e. The number of nitrogens with two attached hydrogens (primary N) is 1. The van der Waals surface area contributed by atoms with Gasteiger partial charge in [0, 0.05) is 32.2 Å². The Morgan fingerprint density at radius 1 is 1.50 bits per heavy atom. The standard InChI is InChI=1S/C11H19N3O2S.ClH/c1-16-6-4-2-3-5-13-11(15)9-8-17-10(7-12)14-9;/h8H,2-7,12H2,1H3,(H,13,15);1H. The summed E-state index contributed by atoms with van der Waals surface area (Å²) in [5.74, 6) is -0.118. The van der Waals surface area contributed by atoms with Crippen molar-refractivity contribution in [1.29, 1.82) is 0 Å². The van der Waals surface area contributed by atoms with Crippen molar-refractivity contribution in [2.75, 3.05) is 20.3 Å². The van der Waals surface area contributed by atoms with Crippen LogP contribution in [0.5, 0.6) is 0 Å². The van der Waals surface area contributed by atoms with E-state index < -0.39 is 0 Å². The number of methoxy groups -OCH3 is 1. The Hall–Kier alpha value is -0.690. The van der Waals surface area contributed by atoms with Crippen LogP contribution in [-0.2, 0) is 11.3 Å². The Labute approximate surface area is 118 Å². The lowest BCUT2D eigenvalue weighted by Crippen LogP contribution is -2.24. The first-order valence-electron chi connectivity index (χ1n) is 5.69. The van der Waals surface area contributed by atoms with Crippen molar-refractivity contribution in [3.05, 3.63) is 16.1 Å². The lowest BCUT2D eigenvalue weighted by atomic mass is 10.2. The summed E-state index contributed by atoms with van der Waals surface area (Å²) in [7, 11) is 1.69. The second-order valence-electron chi connectivity index (χ2n) is 3.64. The van der Waals surface area contributed by atoms with Gasteiger partial charge in [-0.15, -0.1) is 23.7 Å². The van der Waals surface area contributed by atoms with E-state index in [2.05, 4.69) is 10.3 Å². The molecule has 3 N–H and O–H groups in total. The Morgan fingerprint density at radius 3 is 2.89 bits per heavy atom. The fourth-order valence-electron chi connectivity index (χ4n) is 1.35. The number of hydrogen-bond acceptors (Lipinski definition) is 5. The minimum atomic E-state index is -0.118. The number of nitrogens with one attached hydrogen (secondary N) is 1. The Morgan fingerprint density at radius 2 is 2.28 bits per heavy atom. The number of unbranched alkanes of at least 4 members (excludes halogenated alkanes) is 2. The largest absolute Gasteiger partial charge is 0.385 e. The number of aromatic nitrogens is 1. The summed E-state index contributed by atoms with van der Waals surface area (Å²) in [4.78, 5) is 15.7. The van der Waals surface area contributed by atoms with E-state index in [-0.39, 0.29) is 18.3 Å². The second kappa shape index (κ2) is 10.3. The van der Waals surface area contributed by atoms with Crippen molar-refractivity contribution < 1.29 is 9.53 Å². The fraction of sp³-hybridized carbons (Fsp3) is 0.636. The number of halogens is 1. The zero-order valence-corrected chi connectivity index (χ0v) is 12.1. The topological polar surface area (TPSA) is 77.2 Å². The maximum absolute atomic E-state index is 11.6. The minimum Gasteiger partial charge on any atom is -0.385 e. The van der Waals surface area contributed by atoms with Crippen molar-refractivity contribution in [3.63, 3.8) is 0 Å². The van der Waals surface area contributed by atoms with Gasteiger partial charge in [0.1, 0.15) is 10.7 Å². The Kier molecular flexibility index (Phi) is 9.86. The second-order valence-corrected chi connectivity index (χ2v) is 4.58. The molecular formula is C11H20ClN3O2S. The van der Waals surface area contributed by atoms with Gasteiger partial charge in [-0.1, -0.05) is 0 Å². The van der Waals surface area contributed by atoms with Crippen LogP contribution in [0.15, 0.2) is 5.38 Å². The molecule has 0 aromatic carbocycles. The molecule has 0 spiro atoms. The van der Waals surface area contributed by atoms with Gasteiger partial charge in [-0.3, -0.25) is 4.79 Å². The molecule has 0 saturated carbocycles. The lowest BCUT2D eigenvalue weighted by molar-refractivity contribution is 0.0948. The zero-order chi connectivity index (χ0) is 12.5. The molecule has 0 aliphatic heterocycles. The van der Waals surface area contributed by atoms with Gasteiger partial charge in [0.2, 0.25) is 0 Å². The summed E-state index contributed by atoms with van der Waals surface area (Å²) in [5.41, 5.74) is 5.90. The van der Waals surface area contributed by atoms with E-state index in [1.807, 2.05) is 0 Å². The maximum atomic E-state index is 11.6. The molecule has 1 aromatic rings. The van der Waals surface area contributed by atoms with Gasteiger partial charge in [-0.25, -0.2) is 4.98 Å². The highest BCUT2D eigenvalue weighted by molar-refractivity contribution is 7.09. The van der Waals surface area contributed by atoms with E-state index in [4.69, 9.17) is 10.5 Å². The van der Waals surface area contributed by atoms with Crippen molar-refractivity contribution in [3.8, 4) is 0 Å². The van der Waals surface area contributed by atoms with E-state index >= 15 is 0 Å². The molecule has 0 saturated heterocycles. The van der Waals surface area contributed by atoms with Crippen LogP contribution in [0, 0.1) is 0 Å².